The number of aryl methyl sites for hydroxylation is 1. The molecule has 1 aromatic carbocycles. The number of hydrogen-bond acceptors (Lipinski definition) is 4. The molecule has 2 unspecified atom stereocenters. The standard InChI is InChI=1S/C15H19N3O2/c1-9-17-13-8-10(6-7-14(13)20-9)18-15(19)11-4-2-3-5-12(11)16/h6-8,11-12H,2-5,16H2,1H3,(H,18,19). The number of nitrogens with zero attached hydrogens (tertiary/aromatic N) is 1. The molecule has 3 N–H and O–H groups in total. The monoisotopic (exact) mass is 273 g/mol. The van der Waals surface area contributed by atoms with Crippen molar-refractivity contribution < 1.29 is 9.21 Å². The number of benzene rings is 1. The van der Waals surface area contributed by atoms with Crippen molar-refractivity contribution in [1.82, 2.24) is 4.98 Å². The van der Waals surface area contributed by atoms with Crippen LogP contribution in [-0.4, -0.2) is 16.9 Å². The van der Waals surface area contributed by atoms with E-state index in [-0.39, 0.29) is 17.9 Å². The molecule has 106 valence electrons. The first-order valence-electron chi connectivity index (χ1n) is 7.07. The van der Waals surface area contributed by atoms with Crippen LogP contribution in [0.5, 0.6) is 0 Å². The Morgan fingerprint density at radius 3 is 3.00 bits per heavy atom. The summed E-state index contributed by atoms with van der Waals surface area (Å²) in [5, 5.41) is 2.94. The van der Waals surface area contributed by atoms with Crippen LogP contribution in [0.3, 0.4) is 0 Å². The first-order chi connectivity index (χ1) is 9.63. The molecular formula is C15H19N3O2. The van der Waals surface area contributed by atoms with Crippen LogP contribution in [0.25, 0.3) is 11.1 Å². The van der Waals surface area contributed by atoms with Gasteiger partial charge in [-0.05, 0) is 31.0 Å². The maximum atomic E-state index is 12.3. The number of rotatable bonds is 2. The summed E-state index contributed by atoms with van der Waals surface area (Å²) >= 11 is 0. The molecule has 1 aliphatic rings. The van der Waals surface area contributed by atoms with E-state index in [0.717, 1.165) is 42.5 Å². The SMILES string of the molecule is Cc1nc2cc(NC(=O)C3CCCCC3N)ccc2o1. The Hall–Kier alpha value is -1.88. The van der Waals surface area contributed by atoms with Crippen molar-refractivity contribution >= 4 is 22.7 Å². The highest BCUT2D eigenvalue weighted by molar-refractivity contribution is 5.94. The molecular weight excluding hydrogens is 254 g/mol. The molecule has 1 aromatic heterocycles. The third kappa shape index (κ3) is 2.54. The predicted octanol–water partition coefficient (Wildman–Crippen LogP) is 2.59. The van der Waals surface area contributed by atoms with Gasteiger partial charge in [0.2, 0.25) is 5.91 Å². The van der Waals surface area contributed by atoms with Gasteiger partial charge in [-0.15, -0.1) is 0 Å². The molecule has 0 aliphatic heterocycles. The zero-order valence-electron chi connectivity index (χ0n) is 11.6. The maximum absolute atomic E-state index is 12.3. The highest BCUT2D eigenvalue weighted by Crippen LogP contribution is 2.25. The van der Waals surface area contributed by atoms with Crippen molar-refractivity contribution in [2.45, 2.75) is 38.6 Å². The summed E-state index contributed by atoms with van der Waals surface area (Å²) in [6.07, 6.45) is 4.00. The Balaban J connectivity index is 1.76. The lowest BCUT2D eigenvalue weighted by atomic mass is 9.84. The number of fused-ring (bicyclic) bond motifs is 1. The van der Waals surface area contributed by atoms with Crippen molar-refractivity contribution in [3.63, 3.8) is 0 Å². The average molecular weight is 273 g/mol. The van der Waals surface area contributed by atoms with E-state index in [1.807, 2.05) is 18.2 Å². The van der Waals surface area contributed by atoms with E-state index in [1.54, 1.807) is 6.92 Å². The zero-order valence-corrected chi connectivity index (χ0v) is 11.6. The van der Waals surface area contributed by atoms with Crippen LogP contribution in [0.15, 0.2) is 22.6 Å². The van der Waals surface area contributed by atoms with Crippen molar-refractivity contribution in [3.8, 4) is 0 Å². The normalized spacial score (nSPS) is 22.9. The molecule has 1 saturated carbocycles. The number of nitrogens with two attached hydrogens (primary N) is 1. The molecule has 0 spiro atoms. The van der Waals surface area contributed by atoms with Crippen LogP contribution in [0.2, 0.25) is 0 Å². The Morgan fingerprint density at radius 2 is 2.20 bits per heavy atom. The second-order valence-corrected chi connectivity index (χ2v) is 5.46. The smallest absolute Gasteiger partial charge is 0.229 e. The van der Waals surface area contributed by atoms with Gasteiger partial charge in [0.25, 0.3) is 0 Å². The van der Waals surface area contributed by atoms with E-state index in [1.165, 1.54) is 0 Å². The fourth-order valence-corrected chi connectivity index (χ4v) is 2.84. The molecule has 3 rings (SSSR count). The molecule has 20 heavy (non-hydrogen) atoms. The second kappa shape index (κ2) is 5.25. The third-order valence-corrected chi connectivity index (χ3v) is 3.92. The second-order valence-electron chi connectivity index (χ2n) is 5.46. The van der Waals surface area contributed by atoms with Gasteiger partial charge < -0.3 is 15.5 Å². The molecule has 2 atom stereocenters. The Bertz CT molecular complexity index is 635. The van der Waals surface area contributed by atoms with Crippen molar-refractivity contribution in [1.29, 1.82) is 0 Å². The molecule has 0 bridgehead atoms. The van der Waals surface area contributed by atoms with Gasteiger partial charge in [-0.2, -0.15) is 0 Å². The van der Waals surface area contributed by atoms with Crippen molar-refractivity contribution in [3.05, 3.63) is 24.1 Å². The molecule has 5 nitrogen and oxygen atoms in total. The lowest BCUT2D eigenvalue weighted by molar-refractivity contribution is -0.121. The average Bonchev–Trinajstić information content (AvgIpc) is 2.78. The Morgan fingerprint density at radius 1 is 1.40 bits per heavy atom. The largest absolute Gasteiger partial charge is 0.441 e. The van der Waals surface area contributed by atoms with Gasteiger partial charge >= 0.3 is 0 Å². The number of carbonyl (C=O) groups excluding carboxylic acids is 1. The fraction of sp³-hybridized carbons (Fsp3) is 0.467. The summed E-state index contributed by atoms with van der Waals surface area (Å²) < 4.78 is 5.42. The first-order valence-corrected chi connectivity index (χ1v) is 7.07. The third-order valence-electron chi connectivity index (χ3n) is 3.92. The highest BCUT2D eigenvalue weighted by atomic mass is 16.3. The quantitative estimate of drug-likeness (QED) is 0.881. The van der Waals surface area contributed by atoms with Crippen LogP contribution >= 0.6 is 0 Å². The van der Waals surface area contributed by atoms with Gasteiger partial charge in [-0.1, -0.05) is 12.8 Å². The van der Waals surface area contributed by atoms with E-state index in [0.29, 0.717) is 5.89 Å². The van der Waals surface area contributed by atoms with E-state index in [9.17, 15) is 4.79 Å². The van der Waals surface area contributed by atoms with Crippen LogP contribution in [-0.2, 0) is 4.79 Å². The number of aromatic nitrogens is 1. The Labute approximate surface area is 117 Å². The topological polar surface area (TPSA) is 81.2 Å². The number of anilines is 1. The van der Waals surface area contributed by atoms with Crippen molar-refractivity contribution in [2.75, 3.05) is 5.32 Å². The van der Waals surface area contributed by atoms with Gasteiger partial charge in [-0.3, -0.25) is 4.79 Å². The van der Waals surface area contributed by atoms with Gasteiger partial charge in [0.15, 0.2) is 11.5 Å². The molecule has 1 aliphatic carbocycles. The minimum Gasteiger partial charge on any atom is -0.441 e. The van der Waals surface area contributed by atoms with Crippen LogP contribution in [0.1, 0.15) is 31.6 Å². The van der Waals surface area contributed by atoms with Gasteiger partial charge in [0, 0.05) is 18.7 Å². The molecule has 0 radical (unpaired) electrons. The lowest BCUT2D eigenvalue weighted by Gasteiger charge is -2.27. The number of amides is 1. The number of hydrogen-bond donors (Lipinski definition) is 2. The van der Waals surface area contributed by atoms with Gasteiger partial charge in [-0.25, -0.2) is 4.98 Å². The van der Waals surface area contributed by atoms with E-state index >= 15 is 0 Å². The summed E-state index contributed by atoms with van der Waals surface area (Å²) in [6, 6.07) is 5.46. The molecule has 5 heteroatoms. The minimum atomic E-state index is -0.0847. The lowest BCUT2D eigenvalue weighted by Crippen LogP contribution is -2.40. The predicted molar refractivity (Wildman–Crippen MR) is 77.3 cm³/mol. The van der Waals surface area contributed by atoms with Crippen LogP contribution < -0.4 is 11.1 Å². The van der Waals surface area contributed by atoms with Crippen molar-refractivity contribution in [2.24, 2.45) is 11.7 Å². The van der Waals surface area contributed by atoms with Gasteiger partial charge in [0.1, 0.15) is 5.52 Å². The molecule has 2 aromatic rings. The number of carbonyl (C=O) groups is 1. The summed E-state index contributed by atoms with van der Waals surface area (Å²) in [5.74, 6) is 0.549. The summed E-state index contributed by atoms with van der Waals surface area (Å²) in [7, 11) is 0. The highest BCUT2D eigenvalue weighted by Gasteiger charge is 2.28. The minimum absolute atomic E-state index is 0.0109. The molecule has 0 saturated heterocycles. The zero-order chi connectivity index (χ0) is 14.1. The molecule has 1 heterocycles. The van der Waals surface area contributed by atoms with Gasteiger partial charge in [0.05, 0.1) is 5.92 Å². The number of nitrogens with one attached hydrogen (secondary N) is 1. The van der Waals surface area contributed by atoms with E-state index < -0.39 is 0 Å². The van der Waals surface area contributed by atoms with Crippen LogP contribution in [0, 0.1) is 12.8 Å². The molecule has 1 amide bonds. The first kappa shape index (κ1) is 13.1. The summed E-state index contributed by atoms with van der Waals surface area (Å²) in [6.45, 7) is 1.80. The Kier molecular flexibility index (Phi) is 3.44. The number of oxazole rings is 1. The van der Waals surface area contributed by atoms with E-state index in [4.69, 9.17) is 10.2 Å². The van der Waals surface area contributed by atoms with Crippen LogP contribution in [0.4, 0.5) is 5.69 Å². The molecule has 1 fully saturated rings. The van der Waals surface area contributed by atoms with E-state index in [2.05, 4.69) is 10.3 Å². The fourth-order valence-electron chi connectivity index (χ4n) is 2.84. The maximum Gasteiger partial charge on any atom is 0.229 e. The summed E-state index contributed by atoms with van der Waals surface area (Å²) in [4.78, 5) is 16.6. The summed E-state index contributed by atoms with van der Waals surface area (Å²) in [5.41, 5.74) is 8.27.